The molecule has 0 unspecified atom stereocenters. The topological polar surface area (TPSA) is 24.5 Å². The van der Waals surface area contributed by atoms with Crippen molar-refractivity contribution in [2.24, 2.45) is 0 Å². The normalized spacial score (nSPS) is 16.5. The van der Waals surface area contributed by atoms with Gasteiger partial charge in [0.25, 0.3) is 0 Å². The molecule has 0 spiro atoms. The highest BCUT2D eigenvalue weighted by Gasteiger charge is 2.31. The highest BCUT2D eigenvalue weighted by molar-refractivity contribution is 5.45. The van der Waals surface area contributed by atoms with E-state index in [1.807, 2.05) is 7.05 Å². The van der Waals surface area contributed by atoms with Gasteiger partial charge in [-0.15, -0.1) is 0 Å². The van der Waals surface area contributed by atoms with E-state index >= 15 is 0 Å². The Bertz CT molecular complexity index is 429. The van der Waals surface area contributed by atoms with Crippen LogP contribution in [0, 0.1) is 0 Å². The van der Waals surface area contributed by atoms with Gasteiger partial charge in [0.05, 0.1) is 0 Å². The molecule has 0 amide bonds. The van der Waals surface area contributed by atoms with Crippen LogP contribution in [0.3, 0.4) is 0 Å². The maximum absolute atomic E-state index is 6.11. The summed E-state index contributed by atoms with van der Waals surface area (Å²) in [5.74, 6) is 1.12. The summed E-state index contributed by atoms with van der Waals surface area (Å²) in [5.41, 5.74) is 2.62. The summed E-state index contributed by atoms with van der Waals surface area (Å²) < 4.78 is 6.11. The zero-order chi connectivity index (χ0) is 13.9. The van der Waals surface area contributed by atoms with Crippen molar-refractivity contribution >= 4 is 0 Å². The van der Waals surface area contributed by atoms with Crippen molar-refractivity contribution in [1.82, 2.24) is 10.2 Å². The number of rotatable bonds is 6. The highest BCUT2D eigenvalue weighted by atomic mass is 16.5. The number of hydrogen-bond acceptors (Lipinski definition) is 3. The second kappa shape index (κ2) is 5.93. The fourth-order valence-corrected chi connectivity index (χ4v) is 2.70. The van der Waals surface area contributed by atoms with E-state index in [0.29, 0.717) is 0 Å². The van der Waals surface area contributed by atoms with Crippen LogP contribution in [-0.2, 0) is 13.0 Å². The predicted molar refractivity (Wildman–Crippen MR) is 79.7 cm³/mol. The van der Waals surface area contributed by atoms with Gasteiger partial charge in [-0.05, 0) is 53.0 Å². The molecule has 0 aromatic heterocycles. The second-order valence-electron chi connectivity index (χ2n) is 6.14. The van der Waals surface area contributed by atoms with E-state index in [9.17, 15) is 0 Å². The molecule has 3 nitrogen and oxygen atoms in total. The van der Waals surface area contributed by atoms with Crippen LogP contribution >= 0.6 is 0 Å². The minimum absolute atomic E-state index is 0.0524. The minimum Gasteiger partial charge on any atom is -0.487 e. The number of para-hydroxylation sites is 1. The molecule has 1 aromatic carbocycles. The van der Waals surface area contributed by atoms with Gasteiger partial charge in [-0.25, -0.2) is 0 Å². The maximum atomic E-state index is 6.11. The van der Waals surface area contributed by atoms with E-state index in [2.05, 4.69) is 49.3 Å². The van der Waals surface area contributed by atoms with Crippen LogP contribution < -0.4 is 10.1 Å². The first-order valence-electron chi connectivity index (χ1n) is 7.15. The number of hydrogen-bond donors (Lipinski definition) is 1. The number of nitrogens with one attached hydrogen (secondary N) is 1. The molecule has 0 saturated carbocycles. The van der Waals surface area contributed by atoms with Crippen molar-refractivity contribution in [3.8, 4) is 5.75 Å². The zero-order valence-corrected chi connectivity index (χ0v) is 12.6. The molecule has 2 rings (SSSR count). The van der Waals surface area contributed by atoms with Crippen LogP contribution in [0.4, 0.5) is 0 Å². The van der Waals surface area contributed by atoms with Crippen molar-refractivity contribution in [2.75, 3.05) is 27.2 Å². The Hall–Kier alpha value is -1.06. The van der Waals surface area contributed by atoms with Crippen molar-refractivity contribution in [2.45, 2.75) is 38.8 Å². The van der Waals surface area contributed by atoms with Gasteiger partial charge in [0.15, 0.2) is 0 Å². The Labute approximate surface area is 116 Å². The summed E-state index contributed by atoms with van der Waals surface area (Å²) in [6, 6.07) is 6.53. The molecular weight excluding hydrogens is 236 g/mol. The van der Waals surface area contributed by atoms with Gasteiger partial charge in [-0.2, -0.15) is 0 Å². The molecule has 1 aliphatic rings. The van der Waals surface area contributed by atoms with E-state index in [4.69, 9.17) is 4.74 Å². The number of benzene rings is 1. The summed E-state index contributed by atoms with van der Waals surface area (Å²) in [6.07, 6.45) is 2.19. The molecule has 106 valence electrons. The van der Waals surface area contributed by atoms with Gasteiger partial charge in [-0.3, -0.25) is 0 Å². The predicted octanol–water partition coefficient (Wildman–Crippen LogP) is 2.44. The Morgan fingerprint density at radius 1 is 1.37 bits per heavy atom. The third-order valence-corrected chi connectivity index (χ3v) is 3.58. The van der Waals surface area contributed by atoms with Gasteiger partial charge in [0.1, 0.15) is 11.4 Å². The van der Waals surface area contributed by atoms with Gasteiger partial charge in [-0.1, -0.05) is 18.2 Å². The van der Waals surface area contributed by atoms with Crippen molar-refractivity contribution in [3.63, 3.8) is 0 Å². The van der Waals surface area contributed by atoms with Crippen molar-refractivity contribution in [3.05, 3.63) is 29.3 Å². The lowest BCUT2D eigenvalue weighted by atomic mass is 10.0. The average Bonchev–Trinajstić information content (AvgIpc) is 2.65. The Morgan fingerprint density at radius 3 is 2.89 bits per heavy atom. The smallest absolute Gasteiger partial charge is 0.127 e. The first kappa shape index (κ1) is 14.4. The summed E-state index contributed by atoms with van der Waals surface area (Å²) in [5, 5.41) is 3.19. The zero-order valence-electron chi connectivity index (χ0n) is 12.6. The Balaban J connectivity index is 2.01. The monoisotopic (exact) mass is 262 g/mol. The van der Waals surface area contributed by atoms with Crippen LogP contribution in [-0.4, -0.2) is 37.7 Å². The molecule has 1 aliphatic heterocycles. The molecule has 0 bridgehead atoms. The van der Waals surface area contributed by atoms with Crippen LogP contribution in [0.25, 0.3) is 0 Å². The molecular formula is C16H26N2O. The van der Waals surface area contributed by atoms with E-state index in [-0.39, 0.29) is 5.60 Å². The lowest BCUT2D eigenvalue weighted by Crippen LogP contribution is -2.25. The fourth-order valence-electron chi connectivity index (χ4n) is 2.70. The lowest BCUT2D eigenvalue weighted by Gasteiger charge is -2.21. The summed E-state index contributed by atoms with van der Waals surface area (Å²) in [7, 11) is 4.18. The molecule has 0 aliphatic carbocycles. The molecule has 0 fully saturated rings. The maximum Gasteiger partial charge on any atom is 0.127 e. The van der Waals surface area contributed by atoms with Crippen LogP contribution in [0.2, 0.25) is 0 Å². The third kappa shape index (κ3) is 3.71. The molecule has 1 N–H and O–H groups in total. The lowest BCUT2D eigenvalue weighted by molar-refractivity contribution is 0.136. The highest BCUT2D eigenvalue weighted by Crippen LogP contribution is 2.37. The van der Waals surface area contributed by atoms with Gasteiger partial charge in [0, 0.05) is 18.5 Å². The number of nitrogens with zero attached hydrogens (tertiary/aromatic N) is 1. The number of ether oxygens (including phenoxy) is 1. The molecule has 3 heteroatoms. The third-order valence-electron chi connectivity index (χ3n) is 3.58. The molecule has 1 aromatic rings. The SMILES string of the molecule is CNCCCN(C)Cc1cccc2c1OC(C)(C)C2. The summed E-state index contributed by atoms with van der Waals surface area (Å²) >= 11 is 0. The molecule has 0 saturated heterocycles. The van der Waals surface area contributed by atoms with E-state index in [1.54, 1.807) is 0 Å². The van der Waals surface area contributed by atoms with Crippen molar-refractivity contribution in [1.29, 1.82) is 0 Å². The molecule has 19 heavy (non-hydrogen) atoms. The fraction of sp³-hybridized carbons (Fsp3) is 0.625. The van der Waals surface area contributed by atoms with E-state index in [0.717, 1.165) is 31.8 Å². The summed E-state index contributed by atoms with van der Waals surface area (Å²) in [6.45, 7) is 7.46. The molecule has 0 radical (unpaired) electrons. The van der Waals surface area contributed by atoms with Gasteiger partial charge >= 0.3 is 0 Å². The van der Waals surface area contributed by atoms with Gasteiger partial charge < -0.3 is 15.0 Å². The average molecular weight is 262 g/mol. The molecule has 1 heterocycles. The Morgan fingerprint density at radius 2 is 2.16 bits per heavy atom. The van der Waals surface area contributed by atoms with E-state index < -0.39 is 0 Å². The van der Waals surface area contributed by atoms with Crippen LogP contribution in [0.1, 0.15) is 31.4 Å². The Kier molecular flexibility index (Phi) is 4.48. The van der Waals surface area contributed by atoms with Crippen LogP contribution in [0.5, 0.6) is 5.75 Å². The minimum atomic E-state index is -0.0524. The molecule has 0 atom stereocenters. The van der Waals surface area contributed by atoms with Crippen molar-refractivity contribution < 1.29 is 4.74 Å². The first-order chi connectivity index (χ1) is 9.02. The van der Waals surface area contributed by atoms with E-state index in [1.165, 1.54) is 17.5 Å². The quantitative estimate of drug-likeness (QED) is 0.797. The number of fused-ring (bicyclic) bond motifs is 1. The largest absolute Gasteiger partial charge is 0.487 e. The van der Waals surface area contributed by atoms with Crippen LogP contribution in [0.15, 0.2) is 18.2 Å². The van der Waals surface area contributed by atoms with Gasteiger partial charge in [0.2, 0.25) is 0 Å². The first-order valence-corrected chi connectivity index (χ1v) is 7.15. The summed E-state index contributed by atoms with van der Waals surface area (Å²) in [4.78, 5) is 2.36. The second-order valence-corrected chi connectivity index (χ2v) is 6.14. The standard InChI is InChI=1S/C16H26N2O/c1-16(2)11-13-7-5-8-14(15(13)19-16)12-18(4)10-6-9-17-3/h5,7-8,17H,6,9-12H2,1-4H3.